The molecule has 0 unspecified atom stereocenters. The number of para-hydroxylation sites is 1. The van der Waals surface area contributed by atoms with Gasteiger partial charge in [-0.15, -0.1) is 0 Å². The predicted molar refractivity (Wildman–Crippen MR) is 97.7 cm³/mol. The summed E-state index contributed by atoms with van der Waals surface area (Å²) in [5.41, 5.74) is 4.08. The molecule has 1 aromatic heterocycles. The summed E-state index contributed by atoms with van der Waals surface area (Å²) in [5.74, 6) is 0.105. The number of carbonyl (C=O) groups is 1. The third-order valence-electron chi connectivity index (χ3n) is 4.64. The second-order valence-corrected chi connectivity index (χ2v) is 6.67. The fraction of sp³-hybridized carbons (Fsp3) is 0.450. The van der Waals surface area contributed by atoms with Gasteiger partial charge in [-0.2, -0.15) is 0 Å². The van der Waals surface area contributed by atoms with Crippen LogP contribution in [0.5, 0.6) is 0 Å². The first kappa shape index (κ1) is 16.9. The molecule has 0 radical (unpaired) electrons. The molecule has 2 aromatic rings. The lowest BCUT2D eigenvalue weighted by Crippen LogP contribution is -2.38. The lowest BCUT2D eigenvalue weighted by Gasteiger charge is -2.27. The van der Waals surface area contributed by atoms with E-state index >= 15 is 0 Å². The van der Waals surface area contributed by atoms with Gasteiger partial charge in [0.25, 0.3) is 0 Å². The van der Waals surface area contributed by atoms with Crippen molar-refractivity contribution in [2.24, 2.45) is 0 Å². The third kappa shape index (κ3) is 3.45. The third-order valence-corrected chi connectivity index (χ3v) is 4.64. The summed E-state index contributed by atoms with van der Waals surface area (Å²) in [5, 5.41) is 1.06. The Morgan fingerprint density at radius 1 is 1.17 bits per heavy atom. The number of allylic oxidation sites excluding steroid dienone is 2. The molecule has 0 aliphatic carbocycles. The van der Waals surface area contributed by atoms with Crippen molar-refractivity contribution in [1.29, 1.82) is 0 Å². The van der Waals surface area contributed by atoms with Crippen LogP contribution in [0.1, 0.15) is 29.9 Å². The van der Waals surface area contributed by atoms with E-state index in [9.17, 15) is 4.79 Å². The van der Waals surface area contributed by atoms with Crippen LogP contribution in [0.3, 0.4) is 0 Å². The van der Waals surface area contributed by atoms with Crippen molar-refractivity contribution in [3.63, 3.8) is 0 Å². The second kappa shape index (κ2) is 7.32. The van der Waals surface area contributed by atoms with E-state index in [-0.39, 0.29) is 5.78 Å². The Hall–Kier alpha value is -1.91. The van der Waals surface area contributed by atoms with Crippen LogP contribution in [0.15, 0.2) is 35.9 Å². The molecule has 1 aliphatic rings. The summed E-state index contributed by atoms with van der Waals surface area (Å²) in [6.07, 6.45) is 1.74. The number of morpholine rings is 1. The van der Waals surface area contributed by atoms with E-state index in [2.05, 4.69) is 28.5 Å². The first-order valence-corrected chi connectivity index (χ1v) is 8.65. The molecule has 1 fully saturated rings. The van der Waals surface area contributed by atoms with E-state index in [1.807, 2.05) is 26.0 Å². The van der Waals surface area contributed by atoms with Gasteiger partial charge in [-0.3, -0.25) is 9.69 Å². The lowest BCUT2D eigenvalue weighted by atomic mass is 10.1. The molecule has 128 valence electrons. The predicted octanol–water partition coefficient (Wildman–Crippen LogP) is 3.43. The molecule has 0 amide bonds. The Morgan fingerprint density at radius 3 is 2.58 bits per heavy atom. The molecule has 3 rings (SSSR count). The van der Waals surface area contributed by atoms with Gasteiger partial charge < -0.3 is 9.30 Å². The highest BCUT2D eigenvalue weighted by Gasteiger charge is 2.19. The van der Waals surface area contributed by atoms with Gasteiger partial charge in [-0.25, -0.2) is 0 Å². The van der Waals surface area contributed by atoms with Crippen molar-refractivity contribution in [3.05, 3.63) is 47.2 Å². The van der Waals surface area contributed by atoms with Gasteiger partial charge in [0.05, 0.1) is 18.8 Å². The smallest absolute Gasteiger partial charge is 0.188 e. The normalized spacial score (nSPS) is 15.6. The zero-order chi connectivity index (χ0) is 17.1. The molecule has 4 heteroatoms. The molecule has 2 heterocycles. The average Bonchev–Trinajstić information content (AvgIpc) is 2.85. The van der Waals surface area contributed by atoms with Crippen molar-refractivity contribution < 1.29 is 9.53 Å². The van der Waals surface area contributed by atoms with Crippen LogP contribution >= 0.6 is 0 Å². The summed E-state index contributed by atoms with van der Waals surface area (Å²) in [6, 6.07) is 8.22. The van der Waals surface area contributed by atoms with Gasteiger partial charge >= 0.3 is 0 Å². The number of nitrogens with zero attached hydrogens (tertiary/aromatic N) is 2. The number of aromatic nitrogens is 1. The van der Waals surface area contributed by atoms with E-state index in [1.54, 1.807) is 6.08 Å². The van der Waals surface area contributed by atoms with Gasteiger partial charge in [-0.1, -0.05) is 23.8 Å². The van der Waals surface area contributed by atoms with Crippen LogP contribution in [0.4, 0.5) is 0 Å². The maximum atomic E-state index is 12.7. The fourth-order valence-electron chi connectivity index (χ4n) is 3.43. The van der Waals surface area contributed by atoms with Crippen molar-refractivity contribution in [3.8, 4) is 0 Å². The van der Waals surface area contributed by atoms with Crippen LogP contribution in [0.2, 0.25) is 0 Å². The summed E-state index contributed by atoms with van der Waals surface area (Å²) in [6.45, 7) is 11.5. The van der Waals surface area contributed by atoms with E-state index in [4.69, 9.17) is 4.74 Å². The summed E-state index contributed by atoms with van der Waals surface area (Å²) in [4.78, 5) is 15.1. The van der Waals surface area contributed by atoms with Crippen LogP contribution in [-0.4, -0.2) is 48.1 Å². The van der Waals surface area contributed by atoms with Gasteiger partial charge in [0.1, 0.15) is 0 Å². The van der Waals surface area contributed by atoms with E-state index < -0.39 is 0 Å². The van der Waals surface area contributed by atoms with Gasteiger partial charge in [-0.05, 0) is 32.9 Å². The molecular weight excluding hydrogens is 300 g/mol. The Balaban J connectivity index is 1.94. The largest absolute Gasteiger partial charge is 0.379 e. The number of benzene rings is 1. The number of fused-ring (bicyclic) bond motifs is 1. The van der Waals surface area contributed by atoms with Gasteiger partial charge in [0, 0.05) is 42.8 Å². The minimum atomic E-state index is 0.105. The average molecular weight is 326 g/mol. The van der Waals surface area contributed by atoms with Crippen LogP contribution < -0.4 is 0 Å². The molecule has 0 saturated carbocycles. The monoisotopic (exact) mass is 326 g/mol. The molecular formula is C20H26N2O2. The van der Waals surface area contributed by atoms with Gasteiger partial charge in [0.2, 0.25) is 0 Å². The first-order chi connectivity index (χ1) is 11.6. The fourth-order valence-corrected chi connectivity index (χ4v) is 3.43. The van der Waals surface area contributed by atoms with E-state index in [0.717, 1.165) is 67.1 Å². The highest BCUT2D eigenvalue weighted by Crippen LogP contribution is 2.27. The zero-order valence-corrected chi connectivity index (χ0v) is 14.8. The maximum Gasteiger partial charge on any atom is 0.188 e. The standard InChI is InChI=1S/C20H26N2O2/c1-15(2)14-19(23)20-16(3)22(18-7-5-4-6-17(18)20)9-8-21-10-12-24-13-11-21/h4-7,14H,8-13H2,1-3H3. The number of rotatable bonds is 5. The van der Waals surface area contributed by atoms with Crippen LogP contribution in [0.25, 0.3) is 10.9 Å². The summed E-state index contributed by atoms with van der Waals surface area (Å²) < 4.78 is 7.71. The van der Waals surface area contributed by atoms with Gasteiger partial charge in [0.15, 0.2) is 5.78 Å². The van der Waals surface area contributed by atoms with Crippen LogP contribution in [-0.2, 0) is 11.3 Å². The molecule has 0 spiro atoms. The molecule has 0 atom stereocenters. The van der Waals surface area contributed by atoms with Crippen LogP contribution in [0, 0.1) is 6.92 Å². The Kier molecular flexibility index (Phi) is 5.17. The number of hydrogen-bond acceptors (Lipinski definition) is 3. The lowest BCUT2D eigenvalue weighted by molar-refractivity contribution is 0.0365. The Bertz CT molecular complexity index is 763. The molecule has 1 aromatic carbocycles. The minimum absolute atomic E-state index is 0.105. The SMILES string of the molecule is CC(C)=CC(=O)c1c(C)n(CCN2CCOCC2)c2ccccc12. The maximum absolute atomic E-state index is 12.7. The zero-order valence-electron chi connectivity index (χ0n) is 14.8. The number of ether oxygens (including phenoxy) is 1. The highest BCUT2D eigenvalue weighted by atomic mass is 16.5. The van der Waals surface area contributed by atoms with Crippen molar-refractivity contribution in [1.82, 2.24) is 9.47 Å². The molecule has 1 aliphatic heterocycles. The minimum Gasteiger partial charge on any atom is -0.379 e. The molecule has 0 N–H and O–H groups in total. The molecule has 0 bridgehead atoms. The van der Waals surface area contributed by atoms with E-state index in [1.165, 1.54) is 0 Å². The second-order valence-electron chi connectivity index (χ2n) is 6.67. The summed E-state index contributed by atoms with van der Waals surface area (Å²) in [7, 11) is 0. The quantitative estimate of drug-likeness (QED) is 0.624. The number of carbonyl (C=O) groups excluding carboxylic acids is 1. The topological polar surface area (TPSA) is 34.5 Å². The summed E-state index contributed by atoms with van der Waals surface area (Å²) >= 11 is 0. The molecule has 4 nitrogen and oxygen atoms in total. The number of hydrogen-bond donors (Lipinski definition) is 0. The first-order valence-electron chi connectivity index (χ1n) is 8.65. The number of ketones is 1. The van der Waals surface area contributed by atoms with Crippen molar-refractivity contribution in [2.75, 3.05) is 32.8 Å². The van der Waals surface area contributed by atoms with Crippen molar-refractivity contribution in [2.45, 2.75) is 27.3 Å². The van der Waals surface area contributed by atoms with Crippen molar-refractivity contribution >= 4 is 16.7 Å². The highest BCUT2D eigenvalue weighted by molar-refractivity contribution is 6.14. The molecule has 1 saturated heterocycles. The molecule has 24 heavy (non-hydrogen) atoms. The Morgan fingerprint density at radius 2 is 1.88 bits per heavy atom. The Labute approximate surface area is 143 Å². The van der Waals surface area contributed by atoms with E-state index in [0.29, 0.717) is 0 Å².